The number of rotatable bonds is 9. The van der Waals surface area contributed by atoms with Gasteiger partial charge in [0.05, 0.1) is 16.1 Å². The van der Waals surface area contributed by atoms with Crippen molar-refractivity contribution in [2.75, 3.05) is 4.72 Å². The average molecular weight is 454 g/mol. The predicted octanol–water partition coefficient (Wildman–Crippen LogP) is 5.27. The number of ether oxygens (including phenoxy) is 1. The van der Waals surface area contributed by atoms with Crippen LogP contribution in [-0.4, -0.2) is 19.5 Å². The summed E-state index contributed by atoms with van der Waals surface area (Å²) in [5, 5.41) is 9.02. The molecular formula is C25H27NO5S. The van der Waals surface area contributed by atoms with E-state index in [9.17, 15) is 13.2 Å². The Morgan fingerprint density at radius 3 is 2.38 bits per heavy atom. The Kier molecular flexibility index (Phi) is 7.20. The molecule has 0 spiro atoms. The molecule has 0 radical (unpaired) electrons. The summed E-state index contributed by atoms with van der Waals surface area (Å²) in [6.45, 7) is 6.14. The summed E-state index contributed by atoms with van der Waals surface area (Å²) < 4.78 is 35.0. The Morgan fingerprint density at radius 2 is 1.72 bits per heavy atom. The van der Waals surface area contributed by atoms with Crippen LogP contribution in [0.15, 0.2) is 71.6 Å². The molecule has 0 saturated heterocycles. The third kappa shape index (κ3) is 5.88. The number of aromatic carboxylic acids is 1. The zero-order valence-electron chi connectivity index (χ0n) is 18.3. The molecular weight excluding hydrogens is 426 g/mol. The van der Waals surface area contributed by atoms with Crippen molar-refractivity contribution in [3.05, 3.63) is 89.0 Å². The number of nitrogens with one attached hydrogen (secondary N) is 1. The van der Waals surface area contributed by atoms with Crippen LogP contribution in [0.3, 0.4) is 0 Å². The second-order valence-corrected chi connectivity index (χ2v) is 9.75. The summed E-state index contributed by atoms with van der Waals surface area (Å²) in [5.41, 5.74) is 2.97. The third-order valence-electron chi connectivity index (χ3n) is 4.86. The molecule has 0 fully saturated rings. The van der Waals surface area contributed by atoms with Crippen molar-refractivity contribution < 1.29 is 23.1 Å². The second kappa shape index (κ2) is 9.87. The molecule has 3 rings (SSSR count). The number of aryl methyl sites for hydroxylation is 1. The molecule has 0 unspecified atom stereocenters. The normalized spacial score (nSPS) is 11.4. The lowest BCUT2D eigenvalue weighted by Gasteiger charge is -2.17. The molecule has 3 aromatic carbocycles. The fourth-order valence-corrected chi connectivity index (χ4v) is 4.64. The highest BCUT2D eigenvalue weighted by atomic mass is 32.2. The van der Waals surface area contributed by atoms with Gasteiger partial charge in [-0.3, -0.25) is 4.72 Å². The fourth-order valence-electron chi connectivity index (χ4n) is 3.33. The van der Waals surface area contributed by atoms with Gasteiger partial charge in [0.25, 0.3) is 10.0 Å². The Bertz CT molecular complexity index is 1200. The number of carboxylic acid groups (broad SMARTS) is 1. The van der Waals surface area contributed by atoms with Gasteiger partial charge in [-0.25, -0.2) is 13.2 Å². The highest BCUT2D eigenvalue weighted by molar-refractivity contribution is 7.92. The third-order valence-corrected chi connectivity index (χ3v) is 6.33. The molecule has 0 aliphatic carbocycles. The highest BCUT2D eigenvalue weighted by Crippen LogP contribution is 2.30. The van der Waals surface area contributed by atoms with Crippen LogP contribution >= 0.6 is 0 Å². The van der Waals surface area contributed by atoms with Gasteiger partial charge in [0.15, 0.2) is 0 Å². The summed E-state index contributed by atoms with van der Waals surface area (Å²) >= 11 is 0. The van der Waals surface area contributed by atoms with Crippen LogP contribution in [0.25, 0.3) is 0 Å². The highest BCUT2D eigenvalue weighted by Gasteiger charge is 2.20. The van der Waals surface area contributed by atoms with Crippen molar-refractivity contribution in [2.24, 2.45) is 5.92 Å². The Balaban J connectivity index is 1.84. The lowest BCUT2D eigenvalue weighted by atomic mass is 10.0. The Hall–Kier alpha value is -3.32. The lowest BCUT2D eigenvalue weighted by Crippen LogP contribution is -2.16. The minimum atomic E-state index is -3.82. The molecule has 0 aliphatic heterocycles. The fraction of sp³-hybridized carbons (Fsp3) is 0.240. The first kappa shape index (κ1) is 23.3. The zero-order valence-corrected chi connectivity index (χ0v) is 19.1. The topological polar surface area (TPSA) is 92.7 Å². The monoisotopic (exact) mass is 453 g/mol. The van der Waals surface area contributed by atoms with Crippen molar-refractivity contribution in [3.63, 3.8) is 0 Å². The quantitative estimate of drug-likeness (QED) is 0.460. The smallest absolute Gasteiger partial charge is 0.335 e. The number of carbonyl (C=O) groups is 1. The van der Waals surface area contributed by atoms with Gasteiger partial charge < -0.3 is 9.84 Å². The molecule has 2 N–H and O–H groups in total. The summed E-state index contributed by atoms with van der Waals surface area (Å²) in [5.74, 6) is -0.287. The van der Waals surface area contributed by atoms with Crippen LogP contribution in [0, 0.1) is 12.8 Å². The van der Waals surface area contributed by atoms with Crippen molar-refractivity contribution in [1.29, 1.82) is 0 Å². The standard InChI is InChI=1S/C25H27NO5S/c1-17(2)14-21-6-4-5-7-24(21)32(29,30)26-22-15-18(3)8-13-23(22)31-16-19-9-11-20(12-10-19)25(27)28/h4-13,15,17,26H,14,16H2,1-3H3,(H,27,28). The minimum Gasteiger partial charge on any atom is -0.487 e. The van der Waals surface area contributed by atoms with Gasteiger partial charge >= 0.3 is 5.97 Å². The summed E-state index contributed by atoms with van der Waals surface area (Å²) in [6.07, 6.45) is 0.653. The molecule has 0 bridgehead atoms. The van der Waals surface area contributed by atoms with E-state index in [1.807, 2.05) is 39.0 Å². The molecule has 6 nitrogen and oxygen atoms in total. The van der Waals surface area contributed by atoms with E-state index < -0.39 is 16.0 Å². The molecule has 0 atom stereocenters. The van der Waals surface area contributed by atoms with Gasteiger partial charge in [-0.2, -0.15) is 0 Å². The van der Waals surface area contributed by atoms with Crippen LogP contribution in [0.5, 0.6) is 5.75 Å². The van der Waals surface area contributed by atoms with E-state index in [2.05, 4.69) is 4.72 Å². The average Bonchev–Trinajstić information content (AvgIpc) is 2.73. The first-order chi connectivity index (χ1) is 15.2. The molecule has 0 aliphatic rings. The van der Waals surface area contributed by atoms with Crippen molar-refractivity contribution in [3.8, 4) is 5.75 Å². The number of hydrogen-bond acceptors (Lipinski definition) is 4. The first-order valence-electron chi connectivity index (χ1n) is 10.3. The zero-order chi connectivity index (χ0) is 23.3. The van der Waals surface area contributed by atoms with Crippen molar-refractivity contribution in [2.45, 2.75) is 38.7 Å². The number of carboxylic acids is 1. The van der Waals surface area contributed by atoms with Crippen molar-refractivity contribution >= 4 is 21.7 Å². The number of hydrogen-bond donors (Lipinski definition) is 2. The van der Waals surface area contributed by atoms with Crippen LogP contribution in [0.1, 0.15) is 40.9 Å². The summed E-state index contributed by atoms with van der Waals surface area (Å²) in [4.78, 5) is 11.3. The van der Waals surface area contributed by atoms with E-state index >= 15 is 0 Å². The largest absolute Gasteiger partial charge is 0.487 e. The lowest BCUT2D eigenvalue weighted by molar-refractivity contribution is 0.0697. The van der Waals surface area contributed by atoms with Gasteiger partial charge in [0, 0.05) is 0 Å². The molecule has 0 saturated carbocycles. The van der Waals surface area contributed by atoms with Crippen LogP contribution in [0.4, 0.5) is 5.69 Å². The maximum Gasteiger partial charge on any atom is 0.335 e. The molecule has 168 valence electrons. The van der Waals surface area contributed by atoms with E-state index in [0.29, 0.717) is 23.8 Å². The molecule has 0 heterocycles. The van der Waals surface area contributed by atoms with Crippen molar-refractivity contribution in [1.82, 2.24) is 0 Å². The Morgan fingerprint density at radius 1 is 1.03 bits per heavy atom. The molecule has 0 amide bonds. The second-order valence-electron chi connectivity index (χ2n) is 8.10. The van der Waals surface area contributed by atoms with E-state index in [1.165, 1.54) is 12.1 Å². The van der Waals surface area contributed by atoms with Gasteiger partial charge in [-0.05, 0) is 66.3 Å². The maximum absolute atomic E-state index is 13.2. The number of benzene rings is 3. The van der Waals surface area contributed by atoms with Crippen LogP contribution in [-0.2, 0) is 23.1 Å². The first-order valence-corrected chi connectivity index (χ1v) is 11.8. The molecule has 32 heavy (non-hydrogen) atoms. The van der Waals surface area contributed by atoms with Gasteiger partial charge in [0.1, 0.15) is 12.4 Å². The molecule has 0 aromatic heterocycles. The predicted molar refractivity (Wildman–Crippen MR) is 125 cm³/mol. The van der Waals surface area contributed by atoms with E-state index in [1.54, 1.807) is 36.4 Å². The van der Waals surface area contributed by atoms with Gasteiger partial charge in [-0.15, -0.1) is 0 Å². The van der Waals surface area contributed by atoms with Gasteiger partial charge in [-0.1, -0.05) is 50.2 Å². The summed E-state index contributed by atoms with van der Waals surface area (Å²) in [7, 11) is -3.82. The van der Waals surface area contributed by atoms with E-state index in [0.717, 1.165) is 16.7 Å². The number of anilines is 1. The van der Waals surface area contributed by atoms with Gasteiger partial charge in [0.2, 0.25) is 0 Å². The molecule has 3 aromatic rings. The minimum absolute atomic E-state index is 0.168. The van der Waals surface area contributed by atoms with Crippen LogP contribution in [0.2, 0.25) is 0 Å². The molecule has 7 heteroatoms. The maximum atomic E-state index is 13.2. The SMILES string of the molecule is Cc1ccc(OCc2ccc(C(=O)O)cc2)c(NS(=O)(=O)c2ccccc2CC(C)C)c1. The Labute approximate surface area is 188 Å². The van der Waals surface area contributed by atoms with E-state index in [-0.39, 0.29) is 17.1 Å². The van der Waals surface area contributed by atoms with E-state index in [4.69, 9.17) is 9.84 Å². The summed E-state index contributed by atoms with van der Waals surface area (Å²) in [6, 6.07) is 18.6. The number of sulfonamides is 1. The van der Waals surface area contributed by atoms with Crippen LogP contribution < -0.4 is 9.46 Å².